The third-order valence-corrected chi connectivity index (χ3v) is 3.42. The highest BCUT2D eigenvalue weighted by atomic mass is 35.5. The van der Waals surface area contributed by atoms with Gasteiger partial charge in [-0.2, -0.15) is 0 Å². The summed E-state index contributed by atoms with van der Waals surface area (Å²) >= 11 is 5.83. The highest BCUT2D eigenvalue weighted by molar-refractivity contribution is 6.30. The lowest BCUT2D eigenvalue weighted by Crippen LogP contribution is -2.13. The first-order valence-corrected chi connectivity index (χ1v) is 7.14. The summed E-state index contributed by atoms with van der Waals surface area (Å²) in [5, 5.41) is 4.16. The molecule has 0 spiro atoms. The maximum absolute atomic E-state index is 5.83. The molecule has 1 N–H and O–H groups in total. The van der Waals surface area contributed by atoms with E-state index in [-0.39, 0.29) is 0 Å². The number of hydrogen-bond acceptors (Lipinski definition) is 2. The van der Waals surface area contributed by atoms with Crippen LogP contribution in [0.15, 0.2) is 36.4 Å². The number of nitrogens with one attached hydrogen (secondary N) is 1. The van der Waals surface area contributed by atoms with Gasteiger partial charge >= 0.3 is 0 Å². The molecule has 2 aromatic rings. The van der Waals surface area contributed by atoms with E-state index in [2.05, 4.69) is 38.2 Å². The van der Waals surface area contributed by atoms with Gasteiger partial charge in [0.15, 0.2) is 0 Å². The molecule has 0 heterocycles. The van der Waals surface area contributed by atoms with Crippen LogP contribution in [0, 0.1) is 20.8 Å². The van der Waals surface area contributed by atoms with Crippen molar-refractivity contribution in [2.24, 2.45) is 0 Å². The minimum absolute atomic E-state index is 0.619. The number of ether oxygens (including phenoxy) is 1. The molecule has 106 valence electrons. The number of benzene rings is 2. The molecule has 0 radical (unpaired) electrons. The van der Waals surface area contributed by atoms with Crippen molar-refractivity contribution in [3.8, 4) is 5.75 Å². The van der Waals surface area contributed by atoms with Crippen LogP contribution >= 0.6 is 11.6 Å². The number of rotatable bonds is 5. The number of aryl methyl sites for hydroxylation is 3. The van der Waals surface area contributed by atoms with Crippen molar-refractivity contribution in [2.75, 3.05) is 18.5 Å². The van der Waals surface area contributed by atoms with Gasteiger partial charge in [0.2, 0.25) is 0 Å². The van der Waals surface area contributed by atoms with Crippen LogP contribution in [0.3, 0.4) is 0 Å². The summed E-state index contributed by atoms with van der Waals surface area (Å²) in [5.41, 5.74) is 5.04. The van der Waals surface area contributed by atoms with Gasteiger partial charge in [0.1, 0.15) is 12.4 Å². The van der Waals surface area contributed by atoms with E-state index in [4.69, 9.17) is 16.3 Å². The molecule has 2 aromatic carbocycles. The van der Waals surface area contributed by atoms with Crippen molar-refractivity contribution in [3.63, 3.8) is 0 Å². The van der Waals surface area contributed by atoms with Crippen LogP contribution in [-0.2, 0) is 0 Å². The van der Waals surface area contributed by atoms with Gasteiger partial charge in [0, 0.05) is 17.3 Å². The van der Waals surface area contributed by atoms with E-state index in [1.165, 1.54) is 22.4 Å². The van der Waals surface area contributed by atoms with Gasteiger partial charge in [-0.3, -0.25) is 0 Å². The van der Waals surface area contributed by atoms with Gasteiger partial charge in [0.05, 0.1) is 0 Å². The average Bonchev–Trinajstić information content (AvgIpc) is 2.39. The molecule has 0 saturated heterocycles. The number of hydrogen-bond donors (Lipinski definition) is 1. The van der Waals surface area contributed by atoms with Crippen LogP contribution in [-0.4, -0.2) is 13.2 Å². The van der Waals surface area contributed by atoms with E-state index < -0.39 is 0 Å². The second kappa shape index (κ2) is 6.67. The van der Waals surface area contributed by atoms with Crippen LogP contribution in [0.5, 0.6) is 5.75 Å². The topological polar surface area (TPSA) is 21.3 Å². The van der Waals surface area contributed by atoms with E-state index in [1.54, 1.807) is 0 Å². The highest BCUT2D eigenvalue weighted by Crippen LogP contribution is 2.21. The van der Waals surface area contributed by atoms with Crippen LogP contribution in [0.1, 0.15) is 16.7 Å². The zero-order valence-electron chi connectivity index (χ0n) is 12.2. The van der Waals surface area contributed by atoms with Crippen LogP contribution in [0.2, 0.25) is 5.02 Å². The second-order valence-electron chi connectivity index (χ2n) is 5.00. The summed E-state index contributed by atoms with van der Waals surface area (Å²) in [7, 11) is 0. The molecule has 0 aliphatic heterocycles. The number of anilines is 1. The molecule has 0 fully saturated rings. The molecule has 20 heavy (non-hydrogen) atoms. The predicted octanol–water partition coefficient (Wildman–Crippen LogP) is 4.76. The predicted molar refractivity (Wildman–Crippen MR) is 86.1 cm³/mol. The molecular formula is C17H20ClNO. The molecule has 0 aliphatic carbocycles. The Hall–Kier alpha value is -1.67. The number of halogens is 1. The third kappa shape index (κ3) is 3.91. The minimum atomic E-state index is 0.619. The van der Waals surface area contributed by atoms with E-state index in [9.17, 15) is 0 Å². The average molecular weight is 290 g/mol. The summed E-state index contributed by atoms with van der Waals surface area (Å²) in [5.74, 6) is 0.841. The fourth-order valence-corrected chi connectivity index (χ4v) is 2.46. The molecule has 2 nitrogen and oxygen atoms in total. The van der Waals surface area contributed by atoms with Crippen molar-refractivity contribution in [3.05, 3.63) is 58.1 Å². The van der Waals surface area contributed by atoms with Gasteiger partial charge in [-0.25, -0.2) is 0 Å². The standard InChI is InChI=1S/C17H20ClNO/c1-12-10-13(2)17(14(3)11-12)19-8-9-20-16-6-4-15(18)5-7-16/h4-7,10-11,19H,8-9H2,1-3H3. The lowest BCUT2D eigenvalue weighted by molar-refractivity contribution is 0.333. The molecule has 0 amide bonds. The molecule has 2 rings (SSSR count). The molecular weight excluding hydrogens is 270 g/mol. The van der Waals surface area contributed by atoms with Crippen molar-refractivity contribution < 1.29 is 4.74 Å². The Kier molecular flexibility index (Phi) is 4.91. The highest BCUT2D eigenvalue weighted by Gasteiger charge is 2.03. The van der Waals surface area contributed by atoms with Gasteiger partial charge < -0.3 is 10.1 Å². The lowest BCUT2D eigenvalue weighted by Gasteiger charge is -2.14. The van der Waals surface area contributed by atoms with Gasteiger partial charge in [0.25, 0.3) is 0 Å². The van der Waals surface area contributed by atoms with Gasteiger partial charge in [-0.05, 0) is 56.2 Å². The van der Waals surface area contributed by atoms with Crippen molar-refractivity contribution in [1.82, 2.24) is 0 Å². The SMILES string of the molecule is Cc1cc(C)c(NCCOc2ccc(Cl)cc2)c(C)c1. The van der Waals surface area contributed by atoms with E-state index in [0.717, 1.165) is 17.3 Å². The maximum Gasteiger partial charge on any atom is 0.119 e. The molecule has 0 unspecified atom stereocenters. The van der Waals surface area contributed by atoms with E-state index in [1.807, 2.05) is 24.3 Å². The molecule has 0 aromatic heterocycles. The van der Waals surface area contributed by atoms with E-state index in [0.29, 0.717) is 6.61 Å². The van der Waals surface area contributed by atoms with Crippen molar-refractivity contribution in [1.29, 1.82) is 0 Å². The first-order chi connectivity index (χ1) is 9.56. The normalized spacial score (nSPS) is 10.4. The lowest BCUT2D eigenvalue weighted by atomic mass is 10.1. The summed E-state index contributed by atoms with van der Waals surface area (Å²) in [6.07, 6.45) is 0. The van der Waals surface area contributed by atoms with Gasteiger partial charge in [-0.1, -0.05) is 29.3 Å². The Balaban J connectivity index is 1.86. The monoisotopic (exact) mass is 289 g/mol. The molecule has 0 bridgehead atoms. The minimum Gasteiger partial charge on any atom is -0.492 e. The smallest absolute Gasteiger partial charge is 0.119 e. The summed E-state index contributed by atoms with van der Waals surface area (Å²) < 4.78 is 5.67. The Morgan fingerprint density at radius 2 is 1.60 bits per heavy atom. The summed E-state index contributed by atoms with van der Waals surface area (Å²) in [6, 6.07) is 11.8. The Labute approximate surface area is 125 Å². The Morgan fingerprint density at radius 1 is 1.00 bits per heavy atom. The first-order valence-electron chi connectivity index (χ1n) is 6.76. The summed E-state index contributed by atoms with van der Waals surface area (Å²) in [4.78, 5) is 0. The summed E-state index contributed by atoms with van der Waals surface area (Å²) in [6.45, 7) is 7.76. The maximum atomic E-state index is 5.83. The quantitative estimate of drug-likeness (QED) is 0.802. The fraction of sp³-hybridized carbons (Fsp3) is 0.294. The van der Waals surface area contributed by atoms with Crippen LogP contribution in [0.4, 0.5) is 5.69 Å². The zero-order chi connectivity index (χ0) is 14.5. The van der Waals surface area contributed by atoms with Crippen molar-refractivity contribution in [2.45, 2.75) is 20.8 Å². The molecule has 0 saturated carbocycles. The van der Waals surface area contributed by atoms with E-state index >= 15 is 0 Å². The second-order valence-corrected chi connectivity index (χ2v) is 5.44. The Bertz CT molecular complexity index is 555. The molecule has 0 aliphatic rings. The largest absolute Gasteiger partial charge is 0.492 e. The van der Waals surface area contributed by atoms with Crippen LogP contribution in [0.25, 0.3) is 0 Å². The van der Waals surface area contributed by atoms with Crippen LogP contribution < -0.4 is 10.1 Å². The molecule has 0 atom stereocenters. The Morgan fingerprint density at radius 3 is 2.20 bits per heavy atom. The van der Waals surface area contributed by atoms with Crippen molar-refractivity contribution >= 4 is 17.3 Å². The third-order valence-electron chi connectivity index (χ3n) is 3.16. The zero-order valence-corrected chi connectivity index (χ0v) is 12.9. The first kappa shape index (κ1) is 14.7. The fourth-order valence-electron chi connectivity index (χ4n) is 2.33. The molecule has 3 heteroatoms. The van der Waals surface area contributed by atoms with Gasteiger partial charge in [-0.15, -0.1) is 0 Å².